The Morgan fingerprint density at radius 3 is 1.78 bits per heavy atom. The number of alkyl carbamates (subject to hydrolysis) is 1. The van der Waals surface area contributed by atoms with Crippen LogP contribution in [0.1, 0.15) is 135 Å². The van der Waals surface area contributed by atoms with Gasteiger partial charge in [0.25, 0.3) is 0 Å². The smallest absolute Gasteiger partial charge is 0.413 e. The zero-order valence-corrected chi connectivity index (χ0v) is 39.7. The Hall–Kier alpha value is -6.58. The van der Waals surface area contributed by atoms with Gasteiger partial charge in [-0.2, -0.15) is 0 Å². The molecule has 0 aromatic heterocycles. The molecular weight excluding hydrogens is 839 g/mol. The monoisotopic (exact) mass is 901 g/mol. The Bertz CT molecular complexity index is 2200. The Labute approximate surface area is 381 Å². The number of benzene rings is 3. The maximum Gasteiger partial charge on any atom is 0.413 e. The Morgan fingerprint density at radius 2 is 1.22 bits per heavy atom. The quantitative estimate of drug-likeness (QED) is 0.0498. The number of amides is 2. The van der Waals surface area contributed by atoms with Gasteiger partial charge in [0, 0.05) is 13.0 Å². The normalized spacial score (nSPS) is 12.5. The number of carbonyl (C=O) groups is 7. The van der Waals surface area contributed by atoms with Crippen molar-refractivity contribution in [1.29, 1.82) is 0 Å². The molecule has 0 aliphatic heterocycles. The van der Waals surface area contributed by atoms with Crippen molar-refractivity contribution < 1.29 is 62.0 Å². The van der Waals surface area contributed by atoms with Crippen LogP contribution >= 0.6 is 0 Å². The molecule has 0 aliphatic carbocycles. The topological polar surface area (TPSA) is 202 Å². The molecule has 352 valence electrons. The molecule has 1 atom stereocenters. The van der Waals surface area contributed by atoms with Crippen LogP contribution in [-0.2, 0) is 51.2 Å². The number of ketones is 1. The maximum absolute atomic E-state index is 13.7. The van der Waals surface area contributed by atoms with E-state index in [-0.39, 0.29) is 30.0 Å². The van der Waals surface area contributed by atoms with Gasteiger partial charge in [0.2, 0.25) is 0 Å². The van der Waals surface area contributed by atoms with Crippen molar-refractivity contribution in [2.45, 2.75) is 138 Å². The maximum atomic E-state index is 13.7. The van der Waals surface area contributed by atoms with Crippen LogP contribution in [0.5, 0.6) is 5.75 Å². The molecule has 0 bridgehead atoms. The highest BCUT2D eigenvalue weighted by Gasteiger charge is 2.33. The van der Waals surface area contributed by atoms with E-state index in [2.05, 4.69) is 10.3 Å². The molecule has 3 aromatic carbocycles. The summed E-state index contributed by atoms with van der Waals surface area (Å²) in [5, 5.41) is 2.55. The van der Waals surface area contributed by atoms with Crippen LogP contribution in [-0.4, -0.2) is 81.5 Å². The van der Waals surface area contributed by atoms with Gasteiger partial charge >= 0.3 is 36.1 Å². The summed E-state index contributed by atoms with van der Waals surface area (Å²) in [5.74, 6) is -3.93. The fourth-order valence-electron chi connectivity index (χ4n) is 5.70. The lowest BCUT2D eigenvalue weighted by molar-refractivity contribution is -0.168. The largest absolute Gasteiger partial charge is 0.460 e. The summed E-state index contributed by atoms with van der Waals surface area (Å²) in [5.41, 5.74) is -1.22. The molecule has 65 heavy (non-hydrogen) atoms. The van der Waals surface area contributed by atoms with Crippen LogP contribution in [0.3, 0.4) is 0 Å². The summed E-state index contributed by atoms with van der Waals surface area (Å²) in [6.45, 7) is 21.2. The van der Waals surface area contributed by atoms with Gasteiger partial charge in [-0.3, -0.25) is 24.6 Å². The first-order valence-electron chi connectivity index (χ1n) is 21.1. The molecule has 0 aliphatic rings. The van der Waals surface area contributed by atoms with Crippen molar-refractivity contribution in [3.63, 3.8) is 0 Å². The average molecular weight is 902 g/mol. The van der Waals surface area contributed by atoms with E-state index in [0.29, 0.717) is 22.6 Å². The van der Waals surface area contributed by atoms with Crippen molar-refractivity contribution in [3.05, 3.63) is 95.1 Å². The minimum Gasteiger partial charge on any atom is -0.460 e. The highest BCUT2D eigenvalue weighted by atomic mass is 16.6. The number of amidine groups is 1. The molecule has 0 heterocycles. The van der Waals surface area contributed by atoms with Crippen molar-refractivity contribution >= 4 is 53.4 Å². The van der Waals surface area contributed by atoms with Crippen LogP contribution in [0.25, 0.3) is 0 Å². The predicted octanol–water partition coefficient (Wildman–Crippen LogP) is 9.22. The summed E-state index contributed by atoms with van der Waals surface area (Å²) < 4.78 is 32.9. The molecule has 0 spiro atoms. The lowest BCUT2D eigenvalue weighted by atomic mass is 9.97. The van der Waals surface area contributed by atoms with Gasteiger partial charge in [-0.15, -0.1) is 0 Å². The Balaban J connectivity index is 1.75. The summed E-state index contributed by atoms with van der Waals surface area (Å²) >= 11 is 0. The number of Topliss-reactive ketones (excluding diaryl/α,β-unsaturated/α-hetero) is 1. The van der Waals surface area contributed by atoms with E-state index in [9.17, 15) is 33.6 Å². The second-order valence-electron chi connectivity index (χ2n) is 19.3. The van der Waals surface area contributed by atoms with Crippen LogP contribution in [0.4, 0.5) is 15.3 Å². The first-order valence-corrected chi connectivity index (χ1v) is 21.1. The zero-order chi connectivity index (χ0) is 48.9. The van der Waals surface area contributed by atoms with Crippen LogP contribution in [0.15, 0.2) is 77.8 Å². The van der Waals surface area contributed by atoms with Gasteiger partial charge in [0.1, 0.15) is 40.6 Å². The molecular formula is C49H63N3O13. The first-order chi connectivity index (χ1) is 29.9. The fourth-order valence-corrected chi connectivity index (χ4v) is 5.70. The minimum absolute atomic E-state index is 0.171. The van der Waals surface area contributed by atoms with E-state index >= 15 is 0 Å². The third-order valence-corrected chi connectivity index (χ3v) is 8.19. The lowest BCUT2D eigenvalue weighted by Gasteiger charge is -2.26. The van der Waals surface area contributed by atoms with Gasteiger partial charge in [0.15, 0.2) is 5.78 Å². The van der Waals surface area contributed by atoms with Crippen molar-refractivity contribution in [2.24, 2.45) is 10.9 Å². The lowest BCUT2D eigenvalue weighted by Crippen LogP contribution is -2.38. The van der Waals surface area contributed by atoms with E-state index in [1.54, 1.807) is 139 Å². The molecule has 0 saturated carbocycles. The van der Waals surface area contributed by atoms with Gasteiger partial charge in [-0.05, 0) is 150 Å². The van der Waals surface area contributed by atoms with E-state index in [1.165, 1.54) is 24.3 Å². The summed E-state index contributed by atoms with van der Waals surface area (Å²) in [6, 6.07) is 18.9. The summed E-state index contributed by atoms with van der Waals surface area (Å²) in [6.07, 6.45) is -2.40. The molecule has 3 rings (SSSR count). The molecule has 0 radical (unpaired) electrons. The van der Waals surface area contributed by atoms with E-state index in [1.807, 2.05) is 0 Å². The van der Waals surface area contributed by atoms with Gasteiger partial charge in [-0.25, -0.2) is 24.2 Å². The van der Waals surface area contributed by atoms with E-state index < -0.39 is 89.6 Å². The SMILES string of the molecule is CC(=Nc1ccc(C(=O)Oc2ccc(COC(=O)N(CC(=O)C[C@@H](CC(=O)OC(C)(C)C)C(=O)OC(C)(C)C)Cc3cccc(C(=O)OC(C)(C)C)c3)cc2)cc1)NC(=O)OC(C)(C)C. The third kappa shape index (κ3) is 20.6. The third-order valence-electron chi connectivity index (χ3n) is 8.19. The van der Waals surface area contributed by atoms with Crippen LogP contribution in [0, 0.1) is 5.92 Å². The zero-order valence-electron chi connectivity index (χ0n) is 39.7. The average Bonchev–Trinajstić information content (AvgIpc) is 3.14. The number of carbonyl (C=O) groups excluding carboxylic acids is 7. The minimum atomic E-state index is -1.20. The molecule has 3 aromatic rings. The highest BCUT2D eigenvalue weighted by Crippen LogP contribution is 2.23. The number of ether oxygens (including phenoxy) is 6. The fraction of sp³-hybridized carbons (Fsp3) is 0.469. The molecule has 0 fully saturated rings. The second kappa shape index (κ2) is 22.4. The standard InChI is InChI=1S/C49H63N3O13/c1-31(51-44(58)65-49(11,12)13)50-37-21-19-34(20-22-37)41(55)61-39-23-17-32(18-24-39)30-60-45(59)52(28-33-15-14-16-35(25-33)42(56)63-47(5,6)7)29-38(53)26-36(43(57)64-48(8,9)10)27-40(54)62-46(2,3)4/h14-25,36H,26-30H2,1-13H3,(H,50,51,58)/t36-/m0/s1. The first kappa shape index (κ1) is 52.8. The summed E-state index contributed by atoms with van der Waals surface area (Å²) in [4.78, 5) is 96.8. The molecule has 1 N–H and O–H groups in total. The number of esters is 4. The van der Waals surface area contributed by atoms with Gasteiger partial charge in [-0.1, -0.05) is 24.3 Å². The number of hydrogen-bond acceptors (Lipinski definition) is 14. The van der Waals surface area contributed by atoms with Crippen molar-refractivity contribution in [1.82, 2.24) is 10.2 Å². The number of hydrogen-bond donors (Lipinski definition) is 1. The highest BCUT2D eigenvalue weighted by molar-refractivity contribution is 5.96. The number of aliphatic imine (C=N–C) groups is 1. The van der Waals surface area contributed by atoms with Crippen LogP contribution < -0.4 is 10.1 Å². The van der Waals surface area contributed by atoms with Crippen molar-refractivity contribution in [3.8, 4) is 5.75 Å². The Kier molecular flexibility index (Phi) is 18.1. The van der Waals surface area contributed by atoms with Gasteiger partial charge < -0.3 is 28.4 Å². The molecule has 0 unspecified atom stereocenters. The van der Waals surface area contributed by atoms with Crippen molar-refractivity contribution in [2.75, 3.05) is 6.54 Å². The van der Waals surface area contributed by atoms with E-state index in [0.717, 1.165) is 4.90 Å². The second-order valence-corrected chi connectivity index (χ2v) is 19.3. The molecule has 16 heteroatoms. The molecule has 2 amide bonds. The Morgan fingerprint density at radius 1 is 0.631 bits per heavy atom. The molecule has 0 saturated heterocycles. The number of rotatable bonds is 15. The number of nitrogens with one attached hydrogen (secondary N) is 1. The molecule has 16 nitrogen and oxygen atoms in total. The predicted molar refractivity (Wildman–Crippen MR) is 242 cm³/mol. The van der Waals surface area contributed by atoms with E-state index in [4.69, 9.17) is 28.4 Å². The number of nitrogens with zero attached hydrogens (tertiary/aromatic N) is 2. The summed E-state index contributed by atoms with van der Waals surface area (Å²) in [7, 11) is 0. The van der Waals surface area contributed by atoms with Gasteiger partial charge in [0.05, 0.1) is 35.7 Å². The van der Waals surface area contributed by atoms with Crippen LogP contribution in [0.2, 0.25) is 0 Å².